The lowest BCUT2D eigenvalue weighted by atomic mass is 9.93. The standard InChI is InChI=1S/C48H58N4OS/c1-10-51(11-2)43-28-20-39(21-29-43)48(40-22-30-44(31-23-40)52(12-3)13-4)35-46(54(53)45-32-14-36(5)15-33-45)34-47(37-16-24-41(25-17-37)49(6)7)38-18-26-42(27-19-38)50(8)9/h14-35,46H,10-13H2,1-9H3. The monoisotopic (exact) mass is 738 g/mol. The number of aryl methyl sites for hydroxylation is 1. The predicted octanol–water partition coefficient (Wildman–Crippen LogP) is 10.6. The fraction of sp³-hybridized carbons (Fsp3) is 0.292. The van der Waals surface area contributed by atoms with Crippen molar-refractivity contribution < 1.29 is 4.21 Å². The van der Waals surface area contributed by atoms with Gasteiger partial charge in [0.05, 0.1) is 16.0 Å². The van der Waals surface area contributed by atoms with Gasteiger partial charge >= 0.3 is 0 Å². The second-order valence-electron chi connectivity index (χ2n) is 14.1. The first-order valence-electron chi connectivity index (χ1n) is 19.2. The van der Waals surface area contributed by atoms with E-state index in [2.05, 4.69) is 204 Å². The summed E-state index contributed by atoms with van der Waals surface area (Å²) in [6, 6.07) is 43.2. The summed E-state index contributed by atoms with van der Waals surface area (Å²) in [6.45, 7) is 14.6. The molecule has 5 rings (SSSR count). The SMILES string of the molecule is CCN(CC)c1ccc(C(=CC(C=C(c2ccc(N(C)C)cc2)c2ccc(N(C)C)cc2)S(=O)c2ccc(C)cc2)c2ccc(N(CC)CC)cc2)cc1. The van der Waals surface area contributed by atoms with Crippen LogP contribution in [0.3, 0.4) is 0 Å². The van der Waals surface area contributed by atoms with E-state index in [9.17, 15) is 4.21 Å². The Morgan fingerprint density at radius 2 is 0.778 bits per heavy atom. The second-order valence-corrected chi connectivity index (χ2v) is 15.7. The van der Waals surface area contributed by atoms with E-state index in [0.717, 1.165) is 81.4 Å². The van der Waals surface area contributed by atoms with Crippen LogP contribution in [-0.2, 0) is 10.8 Å². The van der Waals surface area contributed by atoms with Crippen molar-refractivity contribution in [2.75, 3.05) is 74.0 Å². The molecular formula is C48H58N4OS. The van der Waals surface area contributed by atoms with E-state index >= 15 is 0 Å². The van der Waals surface area contributed by atoms with Crippen LogP contribution in [0.15, 0.2) is 138 Å². The Morgan fingerprint density at radius 3 is 1.06 bits per heavy atom. The summed E-state index contributed by atoms with van der Waals surface area (Å²) in [5.74, 6) is 0. The van der Waals surface area contributed by atoms with Crippen LogP contribution in [0.25, 0.3) is 11.1 Å². The number of hydrogen-bond acceptors (Lipinski definition) is 5. The Bertz CT molecular complexity index is 1890. The fourth-order valence-corrected chi connectivity index (χ4v) is 8.05. The van der Waals surface area contributed by atoms with E-state index in [-0.39, 0.29) is 0 Å². The van der Waals surface area contributed by atoms with Crippen LogP contribution in [0.5, 0.6) is 0 Å². The highest BCUT2D eigenvalue weighted by Gasteiger charge is 2.20. The van der Waals surface area contributed by atoms with E-state index in [1.54, 1.807) is 0 Å². The minimum Gasteiger partial charge on any atom is -0.378 e. The van der Waals surface area contributed by atoms with Gasteiger partial charge in [0, 0.05) is 82.0 Å². The predicted molar refractivity (Wildman–Crippen MR) is 237 cm³/mol. The minimum atomic E-state index is -1.40. The first-order valence-corrected chi connectivity index (χ1v) is 20.4. The van der Waals surface area contributed by atoms with Crippen molar-refractivity contribution in [3.05, 3.63) is 161 Å². The van der Waals surface area contributed by atoms with Crippen molar-refractivity contribution >= 4 is 44.7 Å². The molecule has 0 saturated carbocycles. The first kappa shape index (κ1) is 40.1. The Labute approximate surface area is 327 Å². The highest BCUT2D eigenvalue weighted by Crippen LogP contribution is 2.33. The fourth-order valence-electron chi connectivity index (χ4n) is 6.81. The molecule has 0 aromatic heterocycles. The van der Waals surface area contributed by atoms with Crippen LogP contribution in [0.4, 0.5) is 22.7 Å². The third-order valence-electron chi connectivity index (χ3n) is 10.2. The van der Waals surface area contributed by atoms with Crippen molar-refractivity contribution in [3.63, 3.8) is 0 Å². The van der Waals surface area contributed by atoms with Crippen molar-refractivity contribution in [3.8, 4) is 0 Å². The van der Waals surface area contributed by atoms with Crippen molar-refractivity contribution in [2.45, 2.75) is 44.8 Å². The number of hydrogen-bond donors (Lipinski definition) is 0. The summed E-state index contributed by atoms with van der Waals surface area (Å²) in [7, 11) is 6.83. The van der Waals surface area contributed by atoms with Crippen LogP contribution in [-0.4, -0.2) is 63.8 Å². The van der Waals surface area contributed by atoms with Gasteiger partial charge in [-0.25, -0.2) is 0 Å². The molecule has 0 spiro atoms. The molecule has 0 fully saturated rings. The summed E-state index contributed by atoms with van der Waals surface area (Å²) in [4.78, 5) is 9.75. The molecule has 5 nitrogen and oxygen atoms in total. The zero-order chi connectivity index (χ0) is 38.8. The van der Waals surface area contributed by atoms with Crippen molar-refractivity contribution in [1.29, 1.82) is 0 Å². The van der Waals surface area contributed by atoms with Gasteiger partial charge in [-0.2, -0.15) is 0 Å². The van der Waals surface area contributed by atoms with E-state index in [0.29, 0.717) is 0 Å². The Kier molecular flexibility index (Phi) is 14.0. The lowest BCUT2D eigenvalue weighted by Gasteiger charge is -2.23. The average Bonchev–Trinajstić information content (AvgIpc) is 3.20. The van der Waals surface area contributed by atoms with Crippen LogP contribution < -0.4 is 19.6 Å². The smallest absolute Gasteiger partial charge is 0.0773 e. The van der Waals surface area contributed by atoms with Gasteiger partial charge in [-0.1, -0.05) is 78.4 Å². The molecule has 282 valence electrons. The van der Waals surface area contributed by atoms with Crippen LogP contribution in [0.1, 0.15) is 55.5 Å². The van der Waals surface area contributed by atoms with Crippen molar-refractivity contribution in [1.82, 2.24) is 0 Å². The largest absolute Gasteiger partial charge is 0.378 e. The molecule has 0 heterocycles. The molecule has 0 aliphatic rings. The van der Waals surface area contributed by atoms with Gasteiger partial charge in [0.1, 0.15) is 0 Å². The Morgan fingerprint density at radius 1 is 0.481 bits per heavy atom. The summed E-state index contributed by atoms with van der Waals surface area (Å²) in [6.07, 6.45) is 4.46. The highest BCUT2D eigenvalue weighted by molar-refractivity contribution is 7.86. The van der Waals surface area contributed by atoms with E-state index in [4.69, 9.17) is 0 Å². The van der Waals surface area contributed by atoms with E-state index in [1.807, 2.05) is 12.1 Å². The van der Waals surface area contributed by atoms with Gasteiger partial charge in [-0.3, -0.25) is 4.21 Å². The Hall–Kier alpha value is -5.07. The zero-order valence-electron chi connectivity index (χ0n) is 33.7. The van der Waals surface area contributed by atoms with Gasteiger partial charge in [0.15, 0.2) is 0 Å². The molecule has 0 N–H and O–H groups in total. The maximum Gasteiger partial charge on any atom is 0.0773 e. The van der Waals surface area contributed by atoms with E-state index in [1.165, 1.54) is 11.4 Å². The molecule has 0 aliphatic heterocycles. The van der Waals surface area contributed by atoms with Gasteiger partial charge in [0.2, 0.25) is 0 Å². The van der Waals surface area contributed by atoms with E-state index < -0.39 is 16.0 Å². The van der Waals surface area contributed by atoms with Crippen LogP contribution in [0, 0.1) is 6.92 Å². The maximum atomic E-state index is 15.0. The summed E-state index contributed by atoms with van der Waals surface area (Å²) < 4.78 is 15.0. The summed E-state index contributed by atoms with van der Waals surface area (Å²) in [5.41, 5.74) is 12.2. The second kappa shape index (κ2) is 18.8. The minimum absolute atomic E-state index is 0.454. The Balaban J connectivity index is 1.76. The van der Waals surface area contributed by atoms with Gasteiger partial charge in [-0.05, 0) is 129 Å². The molecule has 0 amide bonds. The van der Waals surface area contributed by atoms with Gasteiger partial charge in [0.25, 0.3) is 0 Å². The molecule has 0 saturated heterocycles. The number of rotatable bonds is 16. The van der Waals surface area contributed by atoms with Gasteiger partial charge in [-0.15, -0.1) is 0 Å². The molecule has 2 atom stereocenters. The number of nitrogens with zero attached hydrogens (tertiary/aromatic N) is 4. The third kappa shape index (κ3) is 9.72. The topological polar surface area (TPSA) is 30.0 Å². The molecule has 2 unspecified atom stereocenters. The maximum absolute atomic E-state index is 15.0. The lowest BCUT2D eigenvalue weighted by molar-refractivity contribution is 0.682. The number of benzene rings is 5. The van der Waals surface area contributed by atoms with Crippen molar-refractivity contribution in [2.24, 2.45) is 0 Å². The summed E-state index contributed by atoms with van der Waals surface area (Å²) in [5, 5.41) is -0.454. The molecule has 6 heteroatoms. The van der Waals surface area contributed by atoms with Crippen LogP contribution in [0.2, 0.25) is 0 Å². The lowest BCUT2D eigenvalue weighted by Crippen LogP contribution is -2.21. The molecule has 54 heavy (non-hydrogen) atoms. The molecule has 0 bridgehead atoms. The quantitative estimate of drug-likeness (QED) is 0.101. The molecule has 5 aromatic carbocycles. The molecule has 0 aliphatic carbocycles. The van der Waals surface area contributed by atoms with Gasteiger partial charge < -0.3 is 19.6 Å². The molecule has 5 aromatic rings. The normalized spacial score (nSPS) is 12.0. The third-order valence-corrected chi connectivity index (χ3v) is 11.7. The molecule has 0 radical (unpaired) electrons. The number of anilines is 4. The average molecular weight is 739 g/mol. The first-order chi connectivity index (χ1) is 26.1. The highest BCUT2D eigenvalue weighted by atomic mass is 32.2. The zero-order valence-corrected chi connectivity index (χ0v) is 34.5. The molecular weight excluding hydrogens is 681 g/mol. The summed E-state index contributed by atoms with van der Waals surface area (Å²) >= 11 is 0. The van der Waals surface area contributed by atoms with Crippen LogP contribution >= 0.6 is 0 Å².